The van der Waals surface area contributed by atoms with E-state index in [-0.39, 0.29) is 41.1 Å². The van der Waals surface area contributed by atoms with E-state index < -0.39 is 11.9 Å². The van der Waals surface area contributed by atoms with Gasteiger partial charge in [-0.15, -0.1) is 10.2 Å². The zero-order valence-corrected chi connectivity index (χ0v) is 16.6. The first-order chi connectivity index (χ1) is 13.3. The Labute approximate surface area is 166 Å². The number of aryl methyl sites for hydroxylation is 2. The summed E-state index contributed by atoms with van der Waals surface area (Å²) in [5.41, 5.74) is 3.00. The molecule has 3 rings (SSSR count). The number of carbonyl (C=O) groups is 3. The SMILES string of the molecule is Cc1ccc(NC(=O)CSc2nnc(CC3C(=O)NC(=O)NC3C)o2)cc1C. The van der Waals surface area contributed by atoms with Crippen LogP contribution in [-0.2, 0) is 16.0 Å². The third kappa shape index (κ3) is 4.89. The second-order valence-electron chi connectivity index (χ2n) is 6.66. The van der Waals surface area contributed by atoms with Crippen molar-refractivity contribution >= 4 is 35.3 Å². The molecule has 3 N–H and O–H groups in total. The predicted molar refractivity (Wildman–Crippen MR) is 103 cm³/mol. The van der Waals surface area contributed by atoms with Gasteiger partial charge < -0.3 is 15.1 Å². The lowest BCUT2D eigenvalue weighted by atomic mass is 9.95. The van der Waals surface area contributed by atoms with Crippen LogP contribution in [0.3, 0.4) is 0 Å². The summed E-state index contributed by atoms with van der Waals surface area (Å²) in [6, 6.07) is 4.87. The number of thioether (sulfide) groups is 1. The molecule has 0 spiro atoms. The first kappa shape index (κ1) is 19.9. The molecular formula is C18H21N5O4S. The van der Waals surface area contributed by atoms with Crippen LogP contribution in [0.5, 0.6) is 0 Å². The topological polar surface area (TPSA) is 126 Å². The molecule has 2 heterocycles. The first-order valence-electron chi connectivity index (χ1n) is 8.75. The van der Waals surface area contributed by atoms with Crippen molar-refractivity contribution in [3.05, 3.63) is 35.2 Å². The Morgan fingerprint density at radius 2 is 2.04 bits per heavy atom. The summed E-state index contributed by atoms with van der Waals surface area (Å²) in [5, 5.41) is 15.8. The molecule has 0 bridgehead atoms. The van der Waals surface area contributed by atoms with Crippen molar-refractivity contribution in [2.75, 3.05) is 11.1 Å². The average molecular weight is 403 g/mol. The van der Waals surface area contributed by atoms with E-state index >= 15 is 0 Å². The van der Waals surface area contributed by atoms with Gasteiger partial charge in [0.05, 0.1) is 11.7 Å². The fraction of sp³-hybridized carbons (Fsp3) is 0.389. The fourth-order valence-corrected chi connectivity index (χ4v) is 3.34. The van der Waals surface area contributed by atoms with Crippen LogP contribution < -0.4 is 16.0 Å². The van der Waals surface area contributed by atoms with Gasteiger partial charge in [0.25, 0.3) is 5.22 Å². The van der Waals surface area contributed by atoms with Crippen LogP contribution in [0.15, 0.2) is 27.8 Å². The molecule has 9 nitrogen and oxygen atoms in total. The molecule has 1 fully saturated rings. The third-order valence-electron chi connectivity index (χ3n) is 4.50. The van der Waals surface area contributed by atoms with Crippen LogP contribution in [0.25, 0.3) is 0 Å². The van der Waals surface area contributed by atoms with Gasteiger partial charge in [-0.05, 0) is 44.0 Å². The van der Waals surface area contributed by atoms with Crippen molar-refractivity contribution in [1.82, 2.24) is 20.8 Å². The molecule has 148 valence electrons. The molecule has 2 aromatic rings. The van der Waals surface area contributed by atoms with E-state index in [0.717, 1.165) is 28.6 Å². The van der Waals surface area contributed by atoms with Gasteiger partial charge in [-0.25, -0.2) is 4.79 Å². The maximum Gasteiger partial charge on any atom is 0.321 e. The lowest BCUT2D eigenvalue weighted by molar-refractivity contribution is -0.125. The van der Waals surface area contributed by atoms with E-state index in [2.05, 4.69) is 26.1 Å². The first-order valence-corrected chi connectivity index (χ1v) is 9.74. The van der Waals surface area contributed by atoms with Gasteiger partial charge in [0.2, 0.25) is 17.7 Å². The van der Waals surface area contributed by atoms with Gasteiger partial charge in [-0.2, -0.15) is 0 Å². The zero-order chi connectivity index (χ0) is 20.3. The quantitative estimate of drug-likeness (QED) is 0.628. The molecule has 0 radical (unpaired) electrons. The smallest absolute Gasteiger partial charge is 0.321 e. The van der Waals surface area contributed by atoms with Crippen molar-refractivity contribution in [1.29, 1.82) is 0 Å². The Morgan fingerprint density at radius 3 is 2.75 bits per heavy atom. The minimum Gasteiger partial charge on any atom is -0.416 e. The standard InChI is InChI=1S/C18H21N5O4S/c1-9-4-5-12(6-10(9)2)20-14(24)8-28-18-23-22-15(27-18)7-13-11(3)19-17(26)21-16(13)25/h4-6,11,13H,7-8H2,1-3H3,(H,20,24)(H2,19,21,25,26). The maximum atomic E-state index is 12.1. The van der Waals surface area contributed by atoms with E-state index in [9.17, 15) is 14.4 Å². The molecule has 2 unspecified atom stereocenters. The largest absolute Gasteiger partial charge is 0.416 e. The maximum absolute atomic E-state index is 12.1. The summed E-state index contributed by atoms with van der Waals surface area (Å²) < 4.78 is 5.51. The van der Waals surface area contributed by atoms with Crippen molar-refractivity contribution in [2.45, 2.75) is 38.5 Å². The van der Waals surface area contributed by atoms with E-state index in [1.165, 1.54) is 0 Å². The molecule has 0 aliphatic carbocycles. The molecular weight excluding hydrogens is 382 g/mol. The van der Waals surface area contributed by atoms with Gasteiger partial charge in [-0.3, -0.25) is 14.9 Å². The molecule has 28 heavy (non-hydrogen) atoms. The lowest BCUT2D eigenvalue weighted by Crippen LogP contribution is -2.57. The minimum absolute atomic E-state index is 0.116. The second kappa shape index (κ2) is 8.42. The van der Waals surface area contributed by atoms with Crippen LogP contribution in [0, 0.1) is 19.8 Å². The highest BCUT2D eigenvalue weighted by Gasteiger charge is 2.34. The van der Waals surface area contributed by atoms with Crippen LogP contribution in [0.1, 0.15) is 23.9 Å². The Hall–Kier alpha value is -2.88. The molecule has 10 heteroatoms. The highest BCUT2D eigenvalue weighted by Crippen LogP contribution is 2.21. The summed E-state index contributed by atoms with van der Waals surface area (Å²) in [6.45, 7) is 5.73. The van der Waals surface area contributed by atoms with Crippen molar-refractivity contribution in [2.24, 2.45) is 5.92 Å². The normalized spacial score (nSPS) is 19.1. The van der Waals surface area contributed by atoms with Crippen LogP contribution >= 0.6 is 11.8 Å². The Balaban J connectivity index is 1.51. The summed E-state index contributed by atoms with van der Waals surface area (Å²) in [5.74, 6) is -0.665. The minimum atomic E-state index is -0.509. The van der Waals surface area contributed by atoms with E-state index in [1.54, 1.807) is 6.92 Å². The van der Waals surface area contributed by atoms with Crippen molar-refractivity contribution < 1.29 is 18.8 Å². The number of aromatic nitrogens is 2. The molecule has 2 atom stereocenters. The number of benzene rings is 1. The number of hydrogen-bond acceptors (Lipinski definition) is 7. The van der Waals surface area contributed by atoms with Gasteiger partial charge in [-0.1, -0.05) is 17.8 Å². The number of hydrogen-bond donors (Lipinski definition) is 3. The van der Waals surface area contributed by atoms with Crippen LogP contribution in [0.2, 0.25) is 0 Å². The van der Waals surface area contributed by atoms with Crippen molar-refractivity contribution in [3.8, 4) is 0 Å². The molecule has 1 aliphatic heterocycles. The van der Waals surface area contributed by atoms with E-state index in [4.69, 9.17) is 4.42 Å². The summed E-state index contributed by atoms with van der Waals surface area (Å²) >= 11 is 1.12. The average Bonchev–Trinajstić information content (AvgIpc) is 3.07. The summed E-state index contributed by atoms with van der Waals surface area (Å²) in [4.78, 5) is 35.3. The number of imide groups is 1. The number of anilines is 1. The molecule has 4 amide bonds. The number of nitrogens with one attached hydrogen (secondary N) is 3. The number of amides is 4. The summed E-state index contributed by atoms with van der Waals surface area (Å²) in [6.07, 6.45) is 0.204. The molecule has 1 aliphatic rings. The number of carbonyl (C=O) groups excluding carboxylic acids is 3. The van der Waals surface area contributed by atoms with Gasteiger partial charge in [0.1, 0.15) is 0 Å². The molecule has 1 saturated heterocycles. The number of nitrogens with zero attached hydrogens (tertiary/aromatic N) is 2. The van der Waals surface area contributed by atoms with E-state index in [1.807, 2.05) is 32.0 Å². The monoisotopic (exact) mass is 403 g/mol. The molecule has 1 aromatic carbocycles. The fourth-order valence-electron chi connectivity index (χ4n) is 2.76. The van der Waals surface area contributed by atoms with Crippen LogP contribution in [0.4, 0.5) is 10.5 Å². The highest BCUT2D eigenvalue weighted by atomic mass is 32.2. The Bertz CT molecular complexity index is 913. The molecule has 0 saturated carbocycles. The predicted octanol–water partition coefficient (Wildman–Crippen LogP) is 1.80. The van der Waals surface area contributed by atoms with Crippen molar-refractivity contribution in [3.63, 3.8) is 0 Å². The summed E-state index contributed by atoms with van der Waals surface area (Å²) in [7, 11) is 0. The van der Waals surface area contributed by atoms with Gasteiger partial charge in [0, 0.05) is 18.2 Å². The number of urea groups is 1. The zero-order valence-electron chi connectivity index (χ0n) is 15.7. The van der Waals surface area contributed by atoms with Gasteiger partial charge in [0.15, 0.2) is 0 Å². The molecule has 1 aromatic heterocycles. The number of rotatable bonds is 6. The van der Waals surface area contributed by atoms with E-state index in [0.29, 0.717) is 0 Å². The second-order valence-corrected chi connectivity index (χ2v) is 7.59. The van der Waals surface area contributed by atoms with Gasteiger partial charge >= 0.3 is 6.03 Å². The Morgan fingerprint density at radius 1 is 1.25 bits per heavy atom. The highest BCUT2D eigenvalue weighted by molar-refractivity contribution is 7.99. The Kier molecular flexibility index (Phi) is 5.98. The van der Waals surface area contributed by atoms with Crippen LogP contribution in [-0.4, -0.2) is 39.8 Å². The third-order valence-corrected chi connectivity index (χ3v) is 5.31. The lowest BCUT2D eigenvalue weighted by Gasteiger charge is -2.27.